The summed E-state index contributed by atoms with van der Waals surface area (Å²) in [5.41, 5.74) is 4.13. The lowest BCUT2D eigenvalue weighted by Gasteiger charge is -2.09. The van der Waals surface area contributed by atoms with Gasteiger partial charge in [-0.2, -0.15) is 13.9 Å². The predicted octanol–water partition coefficient (Wildman–Crippen LogP) is 3.14. The van der Waals surface area contributed by atoms with Gasteiger partial charge in [0.25, 0.3) is 0 Å². The van der Waals surface area contributed by atoms with Crippen molar-refractivity contribution in [1.29, 1.82) is 0 Å². The minimum atomic E-state index is -2.88. The third kappa shape index (κ3) is 4.66. The van der Waals surface area contributed by atoms with Crippen LogP contribution in [0, 0.1) is 0 Å². The summed E-state index contributed by atoms with van der Waals surface area (Å²) < 4.78 is 28.5. The Kier molecular flexibility index (Phi) is 5.70. The first kappa shape index (κ1) is 17.7. The lowest BCUT2D eigenvalue weighted by atomic mass is 10.1. The fourth-order valence-corrected chi connectivity index (χ4v) is 1.98. The summed E-state index contributed by atoms with van der Waals surface area (Å²) in [6, 6.07) is 9.95. The van der Waals surface area contributed by atoms with E-state index < -0.39 is 12.6 Å². The summed E-state index contributed by atoms with van der Waals surface area (Å²) in [7, 11) is 0. The van der Waals surface area contributed by atoms with Crippen molar-refractivity contribution in [3.63, 3.8) is 0 Å². The van der Waals surface area contributed by atoms with E-state index in [4.69, 9.17) is 11.6 Å². The normalized spacial score (nSPS) is 11.5. The van der Waals surface area contributed by atoms with E-state index in [1.54, 1.807) is 19.1 Å². The lowest BCUT2D eigenvalue weighted by Crippen LogP contribution is -2.22. The number of carboxylic acids is 1. The second kappa shape index (κ2) is 7.74. The molecule has 5 nitrogen and oxygen atoms in total. The molecule has 2 aromatic rings. The molecule has 0 spiro atoms. The summed E-state index contributed by atoms with van der Waals surface area (Å²) >= 11 is 5.97. The van der Waals surface area contributed by atoms with E-state index in [-0.39, 0.29) is 16.3 Å². The van der Waals surface area contributed by atoms with E-state index in [0.29, 0.717) is 17.0 Å². The van der Waals surface area contributed by atoms with E-state index in [1.165, 1.54) is 30.3 Å². The van der Waals surface area contributed by atoms with E-state index in [9.17, 15) is 18.7 Å². The molecule has 0 fully saturated rings. The number of carbonyl (C=O) groups is 1. The molecule has 0 unspecified atom stereocenters. The first-order chi connectivity index (χ1) is 11.4. The molecule has 0 radical (unpaired) electrons. The average molecular weight is 354 g/mol. The van der Waals surface area contributed by atoms with Crippen molar-refractivity contribution in [3.8, 4) is 5.75 Å². The van der Waals surface area contributed by atoms with Crippen molar-refractivity contribution in [2.24, 2.45) is 5.10 Å². The molecular weight excluding hydrogens is 342 g/mol. The van der Waals surface area contributed by atoms with E-state index >= 15 is 0 Å². The molecule has 2 aromatic carbocycles. The van der Waals surface area contributed by atoms with Crippen LogP contribution in [-0.4, -0.2) is 18.3 Å². The van der Waals surface area contributed by atoms with Gasteiger partial charge >= 0.3 is 6.61 Å². The van der Waals surface area contributed by atoms with Crippen molar-refractivity contribution in [1.82, 2.24) is 0 Å². The molecule has 0 aliphatic heterocycles. The minimum absolute atomic E-state index is 0.0387. The van der Waals surface area contributed by atoms with Crippen LogP contribution in [0.1, 0.15) is 22.8 Å². The average Bonchev–Trinajstić information content (AvgIpc) is 2.53. The number of nitrogens with zero attached hydrogens (tertiary/aromatic N) is 1. The summed E-state index contributed by atoms with van der Waals surface area (Å²) in [6.45, 7) is -1.20. The van der Waals surface area contributed by atoms with Gasteiger partial charge in [-0.25, -0.2) is 0 Å². The van der Waals surface area contributed by atoms with Crippen molar-refractivity contribution >= 4 is 29.0 Å². The number of aromatic carboxylic acids is 1. The zero-order valence-corrected chi connectivity index (χ0v) is 13.2. The molecule has 0 saturated carbocycles. The van der Waals surface area contributed by atoms with Crippen LogP contribution in [0.15, 0.2) is 47.6 Å². The molecule has 0 aliphatic rings. The first-order valence-corrected chi connectivity index (χ1v) is 7.11. The Bertz CT molecular complexity index is 764. The van der Waals surface area contributed by atoms with Gasteiger partial charge in [-0.1, -0.05) is 17.7 Å². The third-order valence-corrected chi connectivity index (χ3v) is 3.37. The van der Waals surface area contributed by atoms with Gasteiger partial charge in [-0.15, -0.1) is 0 Å². The van der Waals surface area contributed by atoms with Gasteiger partial charge in [0.2, 0.25) is 0 Å². The van der Waals surface area contributed by atoms with E-state index in [1.807, 2.05) is 0 Å². The van der Waals surface area contributed by atoms with Gasteiger partial charge in [0.05, 0.1) is 22.4 Å². The number of benzene rings is 2. The van der Waals surface area contributed by atoms with Crippen LogP contribution < -0.4 is 15.3 Å². The minimum Gasteiger partial charge on any atom is -0.545 e. The van der Waals surface area contributed by atoms with Gasteiger partial charge in [-0.3, -0.25) is 5.43 Å². The number of anilines is 1. The molecule has 0 atom stereocenters. The predicted molar refractivity (Wildman–Crippen MR) is 84.7 cm³/mol. The molecule has 24 heavy (non-hydrogen) atoms. The maximum Gasteiger partial charge on any atom is 0.387 e. The second-order valence-corrected chi connectivity index (χ2v) is 5.10. The Labute approximate surface area is 141 Å². The van der Waals surface area contributed by atoms with Gasteiger partial charge in [0.15, 0.2) is 0 Å². The quantitative estimate of drug-likeness (QED) is 0.639. The topological polar surface area (TPSA) is 73.8 Å². The number of nitrogens with one attached hydrogen (secondary N) is 1. The van der Waals surface area contributed by atoms with Gasteiger partial charge < -0.3 is 14.6 Å². The van der Waals surface area contributed by atoms with Crippen LogP contribution in [-0.2, 0) is 0 Å². The molecule has 126 valence electrons. The van der Waals surface area contributed by atoms with Crippen molar-refractivity contribution in [2.45, 2.75) is 13.5 Å². The van der Waals surface area contributed by atoms with Gasteiger partial charge in [-0.05, 0) is 54.4 Å². The smallest absolute Gasteiger partial charge is 0.387 e. The molecule has 0 bridgehead atoms. The maximum atomic E-state index is 12.1. The number of halogens is 3. The lowest BCUT2D eigenvalue weighted by molar-refractivity contribution is -0.255. The van der Waals surface area contributed by atoms with Crippen LogP contribution in [0.3, 0.4) is 0 Å². The number of carbonyl (C=O) groups excluding carboxylic acids is 1. The highest BCUT2D eigenvalue weighted by molar-refractivity contribution is 6.33. The molecule has 2 rings (SSSR count). The fraction of sp³-hybridized carbons (Fsp3) is 0.125. The highest BCUT2D eigenvalue weighted by atomic mass is 35.5. The number of hydrazone groups is 1. The van der Waals surface area contributed by atoms with Crippen LogP contribution in [0.25, 0.3) is 0 Å². The molecular formula is C16H12ClF2N2O3-. The van der Waals surface area contributed by atoms with Crippen LogP contribution in [0.2, 0.25) is 5.02 Å². The number of alkyl halides is 2. The maximum absolute atomic E-state index is 12.1. The van der Waals surface area contributed by atoms with Crippen molar-refractivity contribution < 1.29 is 23.4 Å². The summed E-state index contributed by atoms with van der Waals surface area (Å²) in [4.78, 5) is 10.8. The molecule has 0 saturated heterocycles. The monoisotopic (exact) mass is 353 g/mol. The zero-order valence-electron chi connectivity index (χ0n) is 12.4. The van der Waals surface area contributed by atoms with Crippen LogP contribution >= 0.6 is 11.6 Å². The Morgan fingerprint density at radius 3 is 2.42 bits per heavy atom. The summed E-state index contributed by atoms with van der Waals surface area (Å²) in [5.74, 6) is -1.29. The second-order valence-electron chi connectivity index (χ2n) is 4.69. The number of hydrogen-bond acceptors (Lipinski definition) is 5. The van der Waals surface area contributed by atoms with Gasteiger partial charge in [0, 0.05) is 0 Å². The largest absolute Gasteiger partial charge is 0.545 e. The highest BCUT2D eigenvalue weighted by Crippen LogP contribution is 2.23. The van der Waals surface area contributed by atoms with Crippen LogP contribution in [0.4, 0.5) is 14.5 Å². The SMILES string of the molecule is C/C(=N/Nc1cc(C(=O)[O-])ccc1Cl)c1ccc(OC(F)F)cc1. The van der Waals surface area contributed by atoms with E-state index in [0.717, 1.165) is 0 Å². The molecule has 8 heteroatoms. The van der Waals surface area contributed by atoms with Crippen LogP contribution in [0.5, 0.6) is 5.75 Å². The Hall–Kier alpha value is -2.67. The zero-order chi connectivity index (χ0) is 17.7. The molecule has 0 aromatic heterocycles. The third-order valence-electron chi connectivity index (χ3n) is 3.04. The molecule has 1 N–H and O–H groups in total. The Balaban J connectivity index is 2.14. The standard InChI is InChI=1S/C16H13ClF2N2O3/c1-9(10-2-5-12(6-3-10)24-16(18)19)20-21-14-8-11(15(22)23)4-7-13(14)17/h2-8,16,21H,1H3,(H,22,23)/p-1/b20-9-. The molecule has 0 heterocycles. The number of ether oxygens (including phenoxy) is 1. The molecule has 0 aliphatic carbocycles. The van der Waals surface area contributed by atoms with Crippen molar-refractivity contribution in [2.75, 3.05) is 5.43 Å². The van der Waals surface area contributed by atoms with E-state index in [2.05, 4.69) is 15.3 Å². The highest BCUT2D eigenvalue weighted by Gasteiger charge is 2.06. The Morgan fingerprint density at radius 2 is 1.83 bits per heavy atom. The molecule has 0 amide bonds. The number of hydrogen-bond donors (Lipinski definition) is 1. The number of rotatable bonds is 6. The number of carboxylic acid groups (broad SMARTS) is 1. The summed E-state index contributed by atoms with van der Waals surface area (Å²) in [5, 5.41) is 15.2. The Morgan fingerprint density at radius 1 is 1.21 bits per heavy atom. The first-order valence-electron chi connectivity index (χ1n) is 6.73. The summed E-state index contributed by atoms with van der Waals surface area (Å²) in [6.07, 6.45) is 0. The van der Waals surface area contributed by atoms with Gasteiger partial charge in [0.1, 0.15) is 5.75 Å². The fourth-order valence-electron chi connectivity index (χ4n) is 1.82. The van der Waals surface area contributed by atoms with Crippen molar-refractivity contribution in [3.05, 3.63) is 58.6 Å².